The molecule has 2 saturated heterocycles. The molecule has 3 aliphatic heterocycles. The molecule has 1 aromatic rings. The van der Waals surface area contributed by atoms with Crippen LogP contribution in [-0.2, 0) is 0 Å². The average Bonchev–Trinajstić information content (AvgIpc) is 3.05. The molecule has 0 aromatic carbocycles. The smallest absolute Gasteiger partial charge is 0.270 e. The zero-order valence-electron chi connectivity index (χ0n) is 12.0. The Labute approximate surface area is 123 Å². The van der Waals surface area contributed by atoms with E-state index in [1.165, 1.54) is 6.42 Å². The van der Waals surface area contributed by atoms with Gasteiger partial charge in [0.2, 0.25) is 0 Å². The topological polar surface area (TPSA) is 63.7 Å². The van der Waals surface area contributed by atoms with Crippen molar-refractivity contribution in [2.45, 2.75) is 25.4 Å². The van der Waals surface area contributed by atoms with Gasteiger partial charge >= 0.3 is 0 Å². The number of piperidine rings is 1. The molecule has 1 amide bonds. The van der Waals surface area contributed by atoms with E-state index in [1.807, 2.05) is 0 Å². The highest BCUT2D eigenvalue weighted by Gasteiger charge is 2.42. The van der Waals surface area contributed by atoms with Crippen LogP contribution in [0, 0.1) is 5.92 Å². The van der Waals surface area contributed by atoms with Gasteiger partial charge in [0.05, 0.1) is 6.20 Å². The molecule has 1 aromatic heterocycles. The second-order valence-corrected chi connectivity index (χ2v) is 6.09. The summed E-state index contributed by atoms with van der Waals surface area (Å²) in [7, 11) is 0. The molecule has 21 heavy (non-hydrogen) atoms. The molecule has 0 saturated carbocycles. The van der Waals surface area contributed by atoms with Gasteiger partial charge < -0.3 is 14.8 Å². The van der Waals surface area contributed by atoms with Crippen molar-refractivity contribution in [2.24, 2.45) is 5.92 Å². The fourth-order valence-electron chi connectivity index (χ4n) is 3.57. The van der Waals surface area contributed by atoms with Crippen molar-refractivity contribution in [1.82, 2.24) is 15.2 Å². The van der Waals surface area contributed by atoms with Crippen LogP contribution in [0.15, 0.2) is 12.3 Å². The Kier molecular flexibility index (Phi) is 2.99. The Morgan fingerprint density at radius 3 is 2.86 bits per heavy atom. The molecular weight excluding hydrogens is 270 g/mol. The molecule has 6 nitrogen and oxygen atoms in total. The maximum atomic E-state index is 12.4. The number of aromatic nitrogens is 1. The van der Waals surface area contributed by atoms with E-state index in [9.17, 15) is 4.79 Å². The molecule has 4 unspecified atom stereocenters. The third kappa shape index (κ3) is 2.23. The first-order valence-electron chi connectivity index (χ1n) is 7.51. The minimum atomic E-state index is -0.127. The highest BCUT2D eigenvalue weighted by atomic mass is 16.6. The number of carbonyl (C=O) groups is 1. The van der Waals surface area contributed by atoms with Gasteiger partial charge in [-0.05, 0) is 19.3 Å². The molecule has 6 heteroatoms. The maximum absolute atomic E-state index is 12.4. The van der Waals surface area contributed by atoms with E-state index in [2.05, 4.69) is 22.1 Å². The second kappa shape index (κ2) is 4.87. The lowest BCUT2D eigenvalue weighted by Crippen LogP contribution is -2.45. The fourth-order valence-corrected chi connectivity index (χ4v) is 3.57. The van der Waals surface area contributed by atoms with Crippen molar-refractivity contribution in [1.29, 1.82) is 0 Å². The summed E-state index contributed by atoms with van der Waals surface area (Å²) in [5, 5.41) is 3.11. The number of rotatable bonds is 2. The van der Waals surface area contributed by atoms with Gasteiger partial charge in [0, 0.05) is 31.2 Å². The van der Waals surface area contributed by atoms with Crippen LogP contribution in [0.25, 0.3) is 0 Å². The monoisotopic (exact) mass is 289 g/mol. The molecule has 1 N–H and O–H groups in total. The number of hydrogen-bond donors (Lipinski definition) is 1. The van der Waals surface area contributed by atoms with Crippen LogP contribution in [-0.4, -0.2) is 54.2 Å². The highest BCUT2D eigenvalue weighted by Crippen LogP contribution is 2.33. The first-order valence-corrected chi connectivity index (χ1v) is 7.51. The number of amides is 1. The molecule has 4 heterocycles. The van der Waals surface area contributed by atoms with Crippen LogP contribution >= 0.6 is 0 Å². The van der Waals surface area contributed by atoms with Crippen LogP contribution in [0.1, 0.15) is 23.8 Å². The summed E-state index contributed by atoms with van der Waals surface area (Å²) in [5.41, 5.74) is 0.394. The van der Waals surface area contributed by atoms with Crippen molar-refractivity contribution < 1.29 is 14.3 Å². The largest absolute Gasteiger partial charge is 0.486 e. The Balaban J connectivity index is 1.46. The minimum Gasteiger partial charge on any atom is -0.486 e. The average molecular weight is 289 g/mol. The van der Waals surface area contributed by atoms with Crippen molar-refractivity contribution in [2.75, 3.05) is 26.3 Å². The summed E-state index contributed by atoms with van der Waals surface area (Å²) in [6.45, 7) is 5.33. The quantitative estimate of drug-likeness (QED) is 0.867. The van der Waals surface area contributed by atoms with E-state index in [0.717, 1.165) is 13.1 Å². The molecule has 0 radical (unpaired) electrons. The van der Waals surface area contributed by atoms with Crippen LogP contribution < -0.4 is 14.8 Å². The lowest BCUT2D eigenvalue weighted by Gasteiger charge is -2.27. The zero-order chi connectivity index (χ0) is 14.4. The minimum absolute atomic E-state index is 0.127. The fraction of sp³-hybridized carbons (Fsp3) is 0.600. The predicted molar refractivity (Wildman–Crippen MR) is 75.6 cm³/mol. The number of nitrogens with one attached hydrogen (secondary N) is 1. The van der Waals surface area contributed by atoms with Gasteiger partial charge in [-0.2, -0.15) is 0 Å². The maximum Gasteiger partial charge on any atom is 0.270 e. The Hall–Kier alpha value is -1.82. The number of hydrogen-bond acceptors (Lipinski definition) is 5. The zero-order valence-corrected chi connectivity index (χ0v) is 12.0. The number of nitrogens with zero attached hydrogens (tertiary/aromatic N) is 2. The summed E-state index contributed by atoms with van der Waals surface area (Å²) < 4.78 is 10.9. The number of pyridine rings is 1. The van der Waals surface area contributed by atoms with Crippen molar-refractivity contribution >= 4 is 5.91 Å². The Morgan fingerprint density at radius 1 is 1.33 bits per heavy atom. The van der Waals surface area contributed by atoms with Gasteiger partial charge in [0.15, 0.2) is 11.5 Å². The molecule has 3 aliphatic rings. The van der Waals surface area contributed by atoms with E-state index in [-0.39, 0.29) is 11.9 Å². The first-order chi connectivity index (χ1) is 10.2. The lowest BCUT2D eigenvalue weighted by atomic mass is 9.96. The predicted octanol–water partition coefficient (Wildman–Crippen LogP) is 0.675. The summed E-state index contributed by atoms with van der Waals surface area (Å²) in [6, 6.07) is 2.55. The molecule has 4 atom stereocenters. The number of fused-ring (bicyclic) bond motifs is 3. The molecule has 0 spiro atoms. The molecule has 0 aliphatic carbocycles. The molecule has 4 rings (SSSR count). The Bertz CT molecular complexity index is 575. The molecule has 112 valence electrons. The molecule has 2 fully saturated rings. The summed E-state index contributed by atoms with van der Waals surface area (Å²) >= 11 is 0. The standard InChI is InChI=1S/C15H19N3O3/c1-9-4-10-7-18(9)8-12(10)17-15(19)11-5-13-14(6-16-11)21-3-2-20-13/h5-6,9-10,12H,2-4,7-8H2,1H3,(H,17,19). The van der Waals surface area contributed by atoms with E-state index < -0.39 is 0 Å². The first kappa shape index (κ1) is 12.9. The lowest BCUT2D eigenvalue weighted by molar-refractivity contribution is 0.0912. The SMILES string of the molecule is CC1CC2CN1CC2NC(=O)c1cc2c(cn1)OCCO2. The van der Waals surface area contributed by atoms with Crippen LogP contribution in [0.3, 0.4) is 0 Å². The van der Waals surface area contributed by atoms with E-state index >= 15 is 0 Å². The van der Waals surface area contributed by atoms with Crippen molar-refractivity contribution in [3.05, 3.63) is 18.0 Å². The van der Waals surface area contributed by atoms with E-state index in [1.54, 1.807) is 12.3 Å². The van der Waals surface area contributed by atoms with Crippen LogP contribution in [0.2, 0.25) is 0 Å². The van der Waals surface area contributed by atoms with Crippen LogP contribution in [0.4, 0.5) is 0 Å². The highest BCUT2D eigenvalue weighted by molar-refractivity contribution is 5.93. The van der Waals surface area contributed by atoms with Gasteiger partial charge in [-0.25, -0.2) is 4.98 Å². The van der Waals surface area contributed by atoms with Gasteiger partial charge in [-0.3, -0.25) is 9.69 Å². The third-order valence-corrected chi connectivity index (χ3v) is 4.72. The summed E-state index contributed by atoms with van der Waals surface area (Å²) in [4.78, 5) is 19.0. The second-order valence-electron chi connectivity index (χ2n) is 6.09. The normalized spacial score (nSPS) is 33.0. The summed E-state index contributed by atoms with van der Waals surface area (Å²) in [6.07, 6.45) is 2.73. The summed E-state index contributed by atoms with van der Waals surface area (Å²) in [5.74, 6) is 1.66. The third-order valence-electron chi connectivity index (χ3n) is 4.72. The van der Waals surface area contributed by atoms with Crippen LogP contribution in [0.5, 0.6) is 11.5 Å². The van der Waals surface area contributed by atoms with Crippen molar-refractivity contribution in [3.63, 3.8) is 0 Å². The van der Waals surface area contributed by atoms with Gasteiger partial charge in [-0.1, -0.05) is 0 Å². The van der Waals surface area contributed by atoms with Gasteiger partial charge in [-0.15, -0.1) is 0 Å². The Morgan fingerprint density at radius 2 is 2.14 bits per heavy atom. The van der Waals surface area contributed by atoms with E-state index in [4.69, 9.17) is 9.47 Å². The number of carbonyl (C=O) groups excluding carboxylic acids is 1. The van der Waals surface area contributed by atoms with E-state index in [0.29, 0.717) is 42.4 Å². The van der Waals surface area contributed by atoms with Gasteiger partial charge in [0.1, 0.15) is 18.9 Å². The van der Waals surface area contributed by atoms with Crippen molar-refractivity contribution in [3.8, 4) is 11.5 Å². The molecule has 2 bridgehead atoms. The molecular formula is C15H19N3O3. The van der Waals surface area contributed by atoms with Gasteiger partial charge in [0.25, 0.3) is 5.91 Å². The number of ether oxygens (including phenoxy) is 2.